The van der Waals surface area contributed by atoms with Gasteiger partial charge in [0.1, 0.15) is 0 Å². The van der Waals surface area contributed by atoms with Gasteiger partial charge in [-0.3, -0.25) is 4.79 Å². The van der Waals surface area contributed by atoms with Crippen LogP contribution in [0.3, 0.4) is 0 Å². The highest BCUT2D eigenvalue weighted by molar-refractivity contribution is 5.93. The molecule has 2 aliphatic carbocycles. The van der Waals surface area contributed by atoms with Crippen LogP contribution in [-0.4, -0.2) is 40.3 Å². The summed E-state index contributed by atoms with van der Waals surface area (Å²) in [5.74, 6) is 0.224. The molecule has 0 bridgehead atoms. The molecule has 0 saturated heterocycles. The molecule has 1 aromatic rings. The van der Waals surface area contributed by atoms with Crippen LogP contribution in [0.15, 0.2) is 6.20 Å². The smallest absolute Gasteiger partial charge is 0.345 e. The van der Waals surface area contributed by atoms with Gasteiger partial charge in [0, 0.05) is 12.8 Å². The molecular weight excluding hydrogens is 370 g/mol. The summed E-state index contributed by atoms with van der Waals surface area (Å²) in [6.45, 7) is -2.40. The van der Waals surface area contributed by atoms with Crippen molar-refractivity contribution in [2.45, 2.75) is 70.5 Å². The summed E-state index contributed by atoms with van der Waals surface area (Å²) in [4.78, 5) is 19.2. The first-order valence-electron chi connectivity index (χ1n) is 9.86. The Morgan fingerprint density at radius 2 is 1.86 bits per heavy atom. The number of aromatic nitrogens is 2. The zero-order valence-electron chi connectivity index (χ0n) is 16.0. The molecule has 7 nitrogen and oxygen atoms in total. The van der Waals surface area contributed by atoms with E-state index in [-0.39, 0.29) is 24.6 Å². The summed E-state index contributed by atoms with van der Waals surface area (Å²) in [6.07, 6.45) is 9.85. The minimum atomic E-state index is -2.58. The van der Waals surface area contributed by atoms with Crippen molar-refractivity contribution in [1.29, 1.82) is 0 Å². The molecular formula is C19H30F2N4O3. The lowest BCUT2D eigenvalue weighted by Crippen LogP contribution is -2.21. The number of ether oxygens (including phenoxy) is 1. The maximum absolute atomic E-state index is 11.6. The second-order valence-electron chi connectivity index (χ2n) is 7.45. The third-order valence-corrected chi connectivity index (χ3v) is 5.51. The number of alkyl halides is 2. The molecule has 1 heterocycles. The van der Waals surface area contributed by atoms with Gasteiger partial charge in [0.05, 0.1) is 17.4 Å². The van der Waals surface area contributed by atoms with E-state index < -0.39 is 12.5 Å². The largest absolute Gasteiger partial charge is 0.396 e. The van der Waals surface area contributed by atoms with E-state index in [1.54, 1.807) is 0 Å². The molecule has 3 rings (SSSR count). The molecule has 28 heavy (non-hydrogen) atoms. The van der Waals surface area contributed by atoms with Crippen molar-refractivity contribution in [3.8, 4) is 0 Å². The van der Waals surface area contributed by atoms with Crippen molar-refractivity contribution < 1.29 is 23.4 Å². The van der Waals surface area contributed by atoms with E-state index in [0.29, 0.717) is 23.6 Å². The van der Waals surface area contributed by atoms with Gasteiger partial charge in [-0.15, -0.1) is 0 Å². The Kier molecular flexibility index (Phi) is 8.98. The minimum Gasteiger partial charge on any atom is -0.396 e. The van der Waals surface area contributed by atoms with Gasteiger partial charge in [-0.25, -0.2) is 9.97 Å². The first kappa shape index (κ1) is 22.4. The zero-order valence-corrected chi connectivity index (χ0v) is 16.0. The highest BCUT2D eigenvalue weighted by atomic mass is 19.3. The zero-order chi connectivity index (χ0) is 20.5. The maximum atomic E-state index is 11.6. The van der Waals surface area contributed by atoms with Crippen molar-refractivity contribution in [2.75, 3.05) is 12.3 Å². The second kappa shape index (κ2) is 11.2. The van der Waals surface area contributed by atoms with E-state index in [0.717, 1.165) is 44.9 Å². The number of carbonyl (C=O) groups excluding carboxylic acids is 1. The lowest BCUT2D eigenvalue weighted by molar-refractivity contribution is -0.169. The monoisotopic (exact) mass is 400 g/mol. The van der Waals surface area contributed by atoms with Crippen LogP contribution in [-0.2, 0) is 11.2 Å². The Morgan fingerprint density at radius 1 is 1.18 bits per heavy atom. The number of aliphatic hydroxyl groups excluding tert-OH is 1. The Balaban J connectivity index is 0.000000237. The van der Waals surface area contributed by atoms with Crippen LogP contribution in [0.25, 0.3) is 0 Å². The number of nitrogens with two attached hydrogens (primary N) is 2. The number of carbonyl (C=O) groups is 1. The van der Waals surface area contributed by atoms with Gasteiger partial charge in [-0.2, -0.15) is 8.78 Å². The third kappa shape index (κ3) is 6.94. The van der Waals surface area contributed by atoms with Crippen molar-refractivity contribution in [3.05, 3.63) is 17.5 Å². The molecule has 0 radical (unpaired) electrons. The van der Waals surface area contributed by atoms with Crippen LogP contribution in [0, 0.1) is 11.8 Å². The van der Waals surface area contributed by atoms with Crippen LogP contribution in [0.4, 0.5) is 14.7 Å². The van der Waals surface area contributed by atoms with Gasteiger partial charge < -0.3 is 21.3 Å². The number of nitrogen functional groups attached to an aromatic ring is 1. The van der Waals surface area contributed by atoms with Crippen molar-refractivity contribution in [3.63, 3.8) is 0 Å². The number of aliphatic hydroxyl groups is 1. The lowest BCUT2D eigenvalue weighted by Gasteiger charge is -2.20. The predicted octanol–water partition coefficient (Wildman–Crippen LogP) is 2.67. The van der Waals surface area contributed by atoms with Gasteiger partial charge >= 0.3 is 6.61 Å². The summed E-state index contributed by atoms with van der Waals surface area (Å²) in [7, 11) is 0. The molecule has 1 aromatic heterocycles. The number of rotatable bonds is 6. The normalized spacial score (nSPS) is 22.7. The molecule has 1 amide bonds. The van der Waals surface area contributed by atoms with Crippen LogP contribution in [0.2, 0.25) is 0 Å². The van der Waals surface area contributed by atoms with Crippen LogP contribution in [0.5, 0.6) is 0 Å². The van der Waals surface area contributed by atoms with E-state index in [1.165, 1.54) is 12.6 Å². The second-order valence-corrected chi connectivity index (χ2v) is 7.45. The fourth-order valence-corrected chi connectivity index (χ4v) is 4.01. The van der Waals surface area contributed by atoms with Crippen LogP contribution < -0.4 is 11.5 Å². The maximum Gasteiger partial charge on any atom is 0.345 e. The van der Waals surface area contributed by atoms with E-state index >= 15 is 0 Å². The SMILES string of the molecule is FC(F)OC1CCCCC1.NC(=O)c1cnc(N)nc1C[C@@H]1CCC[C@H]1CO. The van der Waals surface area contributed by atoms with Crippen molar-refractivity contribution >= 4 is 11.9 Å². The minimum absolute atomic E-state index is 0.147. The molecule has 0 spiro atoms. The standard InChI is InChI=1S/C12H18N4O2.C7H12F2O/c13-11(18)9-5-15-12(14)16-10(9)4-7-2-1-3-8(7)6-17;8-7(9)10-6-4-2-1-3-5-6/h5,7-8,17H,1-4,6H2,(H2,13,18)(H2,14,15,16);6-7H,1-5H2/t7-,8-;/m0./s1. The molecule has 2 saturated carbocycles. The van der Waals surface area contributed by atoms with Gasteiger partial charge in [0.25, 0.3) is 5.91 Å². The van der Waals surface area contributed by atoms with Crippen LogP contribution in [0.1, 0.15) is 67.4 Å². The summed E-state index contributed by atoms with van der Waals surface area (Å²) >= 11 is 0. The van der Waals surface area contributed by atoms with Gasteiger partial charge in [0.2, 0.25) is 5.95 Å². The number of nitrogens with zero attached hydrogens (tertiary/aromatic N) is 2. The molecule has 0 aromatic carbocycles. The molecule has 158 valence electrons. The number of amides is 1. The third-order valence-electron chi connectivity index (χ3n) is 5.51. The van der Waals surface area contributed by atoms with E-state index in [4.69, 9.17) is 11.5 Å². The molecule has 5 N–H and O–H groups in total. The first-order chi connectivity index (χ1) is 13.4. The average molecular weight is 400 g/mol. The summed E-state index contributed by atoms with van der Waals surface area (Å²) in [5.41, 5.74) is 11.8. The fraction of sp³-hybridized carbons (Fsp3) is 0.737. The Bertz CT molecular complexity index is 627. The number of anilines is 1. The number of hydrogen-bond donors (Lipinski definition) is 3. The van der Waals surface area contributed by atoms with Gasteiger partial charge in [-0.1, -0.05) is 25.7 Å². The van der Waals surface area contributed by atoms with Crippen molar-refractivity contribution in [1.82, 2.24) is 9.97 Å². The lowest BCUT2D eigenvalue weighted by atomic mass is 9.91. The highest BCUT2D eigenvalue weighted by Crippen LogP contribution is 2.34. The fourth-order valence-electron chi connectivity index (χ4n) is 4.01. The van der Waals surface area contributed by atoms with E-state index in [1.807, 2.05) is 0 Å². The molecule has 9 heteroatoms. The van der Waals surface area contributed by atoms with E-state index in [2.05, 4.69) is 14.7 Å². The number of primary amides is 1. The Labute approximate surface area is 163 Å². The Morgan fingerprint density at radius 3 is 2.46 bits per heavy atom. The topological polar surface area (TPSA) is 124 Å². The van der Waals surface area contributed by atoms with Gasteiger partial charge in [0.15, 0.2) is 0 Å². The van der Waals surface area contributed by atoms with Crippen molar-refractivity contribution in [2.24, 2.45) is 17.6 Å². The number of hydrogen-bond acceptors (Lipinski definition) is 6. The van der Waals surface area contributed by atoms with Crippen LogP contribution >= 0.6 is 0 Å². The first-order valence-corrected chi connectivity index (χ1v) is 9.86. The summed E-state index contributed by atoms with van der Waals surface area (Å²) < 4.78 is 27.6. The molecule has 2 aliphatic rings. The summed E-state index contributed by atoms with van der Waals surface area (Å²) in [5, 5.41) is 9.30. The molecule has 2 atom stereocenters. The predicted molar refractivity (Wildman–Crippen MR) is 101 cm³/mol. The quantitative estimate of drug-likeness (QED) is 0.674. The highest BCUT2D eigenvalue weighted by Gasteiger charge is 2.28. The molecule has 2 fully saturated rings. The summed E-state index contributed by atoms with van der Waals surface area (Å²) in [6, 6.07) is 0. The number of halogens is 2. The average Bonchev–Trinajstić information content (AvgIpc) is 3.09. The van der Waals surface area contributed by atoms with E-state index in [9.17, 15) is 18.7 Å². The van der Waals surface area contributed by atoms with Gasteiger partial charge in [-0.05, 0) is 43.9 Å². The Hall–Kier alpha value is -1.87. The molecule has 0 aliphatic heterocycles. The molecule has 0 unspecified atom stereocenters.